The minimum absolute atomic E-state index is 0.0177. The molecule has 0 aliphatic rings. The molecular formula is C10H8F2N2O2. The van der Waals surface area contributed by atoms with Gasteiger partial charge in [-0.1, -0.05) is 0 Å². The molecule has 1 aromatic carbocycles. The zero-order valence-corrected chi connectivity index (χ0v) is 8.33. The van der Waals surface area contributed by atoms with E-state index >= 15 is 0 Å². The van der Waals surface area contributed by atoms with E-state index in [1.165, 1.54) is 6.92 Å². The smallest absolute Gasteiger partial charge is 0.387 e. The van der Waals surface area contributed by atoms with Crippen molar-refractivity contribution in [3.8, 4) is 11.8 Å². The van der Waals surface area contributed by atoms with Crippen LogP contribution in [0.4, 0.5) is 14.5 Å². The highest BCUT2D eigenvalue weighted by molar-refractivity contribution is 6.01. The van der Waals surface area contributed by atoms with Gasteiger partial charge in [0.1, 0.15) is 11.8 Å². The van der Waals surface area contributed by atoms with Crippen LogP contribution < -0.4 is 10.5 Å². The standard InChI is InChI=1S/C10H8F2N2O2/c1-5(15)9-6(4-13)2-7(3-8(9)14)16-10(11)12/h2-3,10H,14H2,1H3. The van der Waals surface area contributed by atoms with E-state index in [1.807, 2.05) is 0 Å². The van der Waals surface area contributed by atoms with Crippen molar-refractivity contribution in [1.29, 1.82) is 5.26 Å². The van der Waals surface area contributed by atoms with Crippen LogP contribution in [0, 0.1) is 11.3 Å². The number of anilines is 1. The number of carbonyl (C=O) groups is 1. The van der Waals surface area contributed by atoms with Crippen LogP contribution in [0.1, 0.15) is 22.8 Å². The normalized spacial score (nSPS) is 9.94. The first-order valence-corrected chi connectivity index (χ1v) is 4.25. The van der Waals surface area contributed by atoms with Crippen molar-refractivity contribution in [1.82, 2.24) is 0 Å². The highest BCUT2D eigenvalue weighted by Crippen LogP contribution is 2.25. The van der Waals surface area contributed by atoms with E-state index < -0.39 is 12.4 Å². The van der Waals surface area contributed by atoms with Crippen molar-refractivity contribution in [3.05, 3.63) is 23.3 Å². The molecule has 0 fully saturated rings. The number of nitriles is 1. The summed E-state index contributed by atoms with van der Waals surface area (Å²) >= 11 is 0. The number of benzene rings is 1. The third-order valence-corrected chi connectivity index (χ3v) is 1.84. The number of ketones is 1. The number of hydrogen-bond acceptors (Lipinski definition) is 4. The Bertz CT molecular complexity index is 467. The lowest BCUT2D eigenvalue weighted by Gasteiger charge is -2.09. The van der Waals surface area contributed by atoms with E-state index in [1.54, 1.807) is 6.07 Å². The molecule has 0 atom stereocenters. The van der Waals surface area contributed by atoms with Gasteiger partial charge in [0.2, 0.25) is 0 Å². The molecule has 2 N–H and O–H groups in total. The first-order valence-electron chi connectivity index (χ1n) is 4.25. The molecule has 0 radical (unpaired) electrons. The summed E-state index contributed by atoms with van der Waals surface area (Å²) in [5, 5.41) is 8.75. The molecule has 0 saturated carbocycles. The van der Waals surface area contributed by atoms with Crippen molar-refractivity contribution in [2.75, 3.05) is 5.73 Å². The molecule has 16 heavy (non-hydrogen) atoms. The van der Waals surface area contributed by atoms with E-state index in [0.717, 1.165) is 12.1 Å². The number of halogens is 2. The number of rotatable bonds is 3. The van der Waals surface area contributed by atoms with Crippen molar-refractivity contribution in [3.63, 3.8) is 0 Å². The van der Waals surface area contributed by atoms with Crippen LogP contribution in [0.25, 0.3) is 0 Å². The van der Waals surface area contributed by atoms with Crippen molar-refractivity contribution >= 4 is 11.5 Å². The number of alkyl halides is 2. The van der Waals surface area contributed by atoms with E-state index in [4.69, 9.17) is 11.0 Å². The quantitative estimate of drug-likeness (QED) is 0.631. The first-order chi connectivity index (χ1) is 7.45. The maximum atomic E-state index is 11.9. The molecule has 84 valence electrons. The molecule has 1 aromatic rings. The number of nitrogen functional groups attached to an aromatic ring is 1. The second-order valence-electron chi connectivity index (χ2n) is 2.98. The zero-order valence-electron chi connectivity index (χ0n) is 8.33. The van der Waals surface area contributed by atoms with Gasteiger partial charge in [-0.15, -0.1) is 0 Å². The van der Waals surface area contributed by atoms with Crippen LogP contribution >= 0.6 is 0 Å². The number of nitrogens with two attached hydrogens (primary N) is 1. The molecule has 0 unspecified atom stereocenters. The number of ether oxygens (including phenoxy) is 1. The van der Waals surface area contributed by atoms with Gasteiger partial charge in [-0.3, -0.25) is 4.79 Å². The lowest BCUT2D eigenvalue weighted by Crippen LogP contribution is -2.07. The van der Waals surface area contributed by atoms with Crippen molar-refractivity contribution in [2.24, 2.45) is 0 Å². The molecule has 4 nitrogen and oxygen atoms in total. The Morgan fingerprint density at radius 2 is 2.19 bits per heavy atom. The van der Waals surface area contributed by atoms with Gasteiger partial charge in [0.15, 0.2) is 5.78 Å². The Kier molecular flexibility index (Phi) is 3.40. The predicted molar refractivity (Wildman–Crippen MR) is 52.2 cm³/mol. The Morgan fingerprint density at radius 1 is 1.56 bits per heavy atom. The summed E-state index contributed by atoms with van der Waals surface area (Å²) in [6.45, 7) is -1.77. The molecule has 0 spiro atoms. The molecule has 0 heterocycles. The molecular weight excluding hydrogens is 218 g/mol. The SMILES string of the molecule is CC(=O)c1c(N)cc(OC(F)F)cc1C#N. The maximum Gasteiger partial charge on any atom is 0.387 e. The van der Waals surface area contributed by atoms with Crippen LogP contribution in [0.5, 0.6) is 5.75 Å². The summed E-state index contributed by atoms with van der Waals surface area (Å²) in [5.74, 6) is -0.647. The fraction of sp³-hybridized carbons (Fsp3) is 0.200. The summed E-state index contributed by atoms with van der Waals surface area (Å²) in [4.78, 5) is 11.2. The van der Waals surface area contributed by atoms with E-state index in [0.29, 0.717) is 0 Å². The van der Waals surface area contributed by atoms with Crippen LogP contribution in [0.3, 0.4) is 0 Å². The predicted octanol–water partition coefficient (Wildman–Crippen LogP) is 1.94. The second kappa shape index (κ2) is 4.57. The molecule has 0 aliphatic carbocycles. The minimum Gasteiger partial charge on any atom is -0.435 e. The number of hydrogen-bond donors (Lipinski definition) is 1. The molecule has 0 aromatic heterocycles. The Balaban J connectivity index is 3.28. The third kappa shape index (κ3) is 2.45. The zero-order chi connectivity index (χ0) is 12.3. The number of Topliss-reactive ketones (excluding diaryl/α,β-unsaturated/α-hetero) is 1. The highest BCUT2D eigenvalue weighted by Gasteiger charge is 2.15. The molecule has 6 heteroatoms. The van der Waals surface area contributed by atoms with Crippen molar-refractivity contribution in [2.45, 2.75) is 13.5 Å². The first kappa shape index (κ1) is 11.9. The van der Waals surface area contributed by atoms with E-state index in [9.17, 15) is 13.6 Å². The van der Waals surface area contributed by atoms with Gasteiger partial charge in [0, 0.05) is 11.8 Å². The Morgan fingerprint density at radius 3 is 2.62 bits per heavy atom. The average molecular weight is 226 g/mol. The molecule has 0 amide bonds. The third-order valence-electron chi connectivity index (χ3n) is 1.84. The number of carbonyl (C=O) groups excluding carboxylic acids is 1. The van der Waals surface area contributed by atoms with Gasteiger partial charge < -0.3 is 10.5 Å². The lowest BCUT2D eigenvalue weighted by atomic mass is 10.0. The molecule has 0 saturated heterocycles. The average Bonchev–Trinajstić information content (AvgIpc) is 2.14. The van der Waals surface area contributed by atoms with Gasteiger partial charge in [-0.25, -0.2) is 0 Å². The van der Waals surface area contributed by atoms with E-state index in [-0.39, 0.29) is 22.6 Å². The van der Waals surface area contributed by atoms with Gasteiger partial charge >= 0.3 is 6.61 Å². The van der Waals surface area contributed by atoms with Crippen LogP contribution in [-0.4, -0.2) is 12.4 Å². The lowest BCUT2D eigenvalue weighted by molar-refractivity contribution is -0.0498. The molecule has 0 aliphatic heterocycles. The summed E-state index contributed by atoms with van der Waals surface area (Å²) < 4.78 is 28.0. The fourth-order valence-electron chi connectivity index (χ4n) is 1.29. The highest BCUT2D eigenvalue weighted by atomic mass is 19.3. The van der Waals surface area contributed by atoms with Gasteiger partial charge in [0.05, 0.1) is 11.1 Å². The topological polar surface area (TPSA) is 76.1 Å². The van der Waals surface area contributed by atoms with Gasteiger partial charge in [-0.05, 0) is 13.0 Å². The van der Waals surface area contributed by atoms with E-state index in [2.05, 4.69) is 4.74 Å². The molecule has 0 bridgehead atoms. The summed E-state index contributed by atoms with van der Waals surface area (Å²) in [5.41, 5.74) is 5.36. The second-order valence-corrected chi connectivity index (χ2v) is 2.98. The number of nitrogens with zero attached hydrogens (tertiary/aromatic N) is 1. The van der Waals surface area contributed by atoms with Crippen molar-refractivity contribution < 1.29 is 18.3 Å². The minimum atomic E-state index is -3.01. The van der Waals surface area contributed by atoms with Crippen LogP contribution in [0.15, 0.2) is 12.1 Å². The van der Waals surface area contributed by atoms with Gasteiger partial charge in [-0.2, -0.15) is 14.0 Å². The monoisotopic (exact) mass is 226 g/mol. The Hall–Kier alpha value is -2.16. The summed E-state index contributed by atoms with van der Waals surface area (Å²) in [6, 6.07) is 3.85. The summed E-state index contributed by atoms with van der Waals surface area (Å²) in [7, 11) is 0. The van der Waals surface area contributed by atoms with Gasteiger partial charge in [0.25, 0.3) is 0 Å². The largest absolute Gasteiger partial charge is 0.435 e. The summed E-state index contributed by atoms with van der Waals surface area (Å²) in [6.07, 6.45) is 0. The fourth-order valence-corrected chi connectivity index (χ4v) is 1.29. The van der Waals surface area contributed by atoms with Crippen LogP contribution in [0.2, 0.25) is 0 Å². The maximum absolute atomic E-state index is 11.9. The Labute approximate surface area is 90.2 Å². The molecule has 1 rings (SSSR count). The van der Waals surface area contributed by atoms with Crippen LogP contribution in [-0.2, 0) is 0 Å².